The molecule has 0 radical (unpaired) electrons. The van der Waals surface area contributed by atoms with Gasteiger partial charge in [-0.25, -0.2) is 13.8 Å². The highest BCUT2D eigenvalue weighted by Crippen LogP contribution is 2.40. The van der Waals surface area contributed by atoms with Crippen molar-refractivity contribution in [3.05, 3.63) is 42.4 Å². The van der Waals surface area contributed by atoms with Crippen molar-refractivity contribution in [2.45, 2.75) is 63.3 Å². The molecule has 3 aliphatic heterocycles. The van der Waals surface area contributed by atoms with Crippen molar-refractivity contribution < 1.29 is 9.18 Å². The molecule has 1 unspecified atom stereocenters. The van der Waals surface area contributed by atoms with Gasteiger partial charge in [0, 0.05) is 60.8 Å². The zero-order valence-electron chi connectivity index (χ0n) is 22.2. The first-order valence-electron chi connectivity index (χ1n) is 12.6. The van der Waals surface area contributed by atoms with Gasteiger partial charge in [-0.15, -0.1) is 0 Å². The number of amides is 1. The van der Waals surface area contributed by atoms with Crippen LogP contribution >= 0.6 is 11.8 Å². The Morgan fingerprint density at radius 2 is 1.61 bits per heavy atom. The molecule has 198 valence electrons. The number of likely N-dealkylation sites (N-methyl/N-ethyl adjacent to an activating group) is 1. The van der Waals surface area contributed by atoms with Crippen molar-refractivity contribution in [3.8, 4) is 0 Å². The lowest BCUT2D eigenvalue weighted by Crippen LogP contribution is -2.73. The van der Waals surface area contributed by atoms with Gasteiger partial charge in [-0.2, -0.15) is 0 Å². The smallest absolute Gasteiger partial charge is 0.272 e. The minimum atomic E-state index is -1.91. The Labute approximate surface area is 219 Å². The number of rotatable bonds is 4. The predicted molar refractivity (Wildman–Crippen MR) is 143 cm³/mol. The van der Waals surface area contributed by atoms with E-state index in [0.717, 1.165) is 29.1 Å². The van der Waals surface area contributed by atoms with Gasteiger partial charge in [-0.05, 0) is 66.8 Å². The minimum absolute atomic E-state index is 0.164. The van der Waals surface area contributed by atoms with Crippen LogP contribution in [0.1, 0.15) is 40.5 Å². The van der Waals surface area contributed by atoms with Crippen molar-refractivity contribution in [3.63, 3.8) is 0 Å². The van der Waals surface area contributed by atoms with Crippen molar-refractivity contribution >= 4 is 29.3 Å². The zero-order chi connectivity index (χ0) is 26.3. The summed E-state index contributed by atoms with van der Waals surface area (Å²) in [5.41, 5.74) is -1.51. The maximum atomic E-state index is 16.0. The first-order chi connectivity index (χ1) is 16.9. The van der Waals surface area contributed by atoms with Crippen LogP contribution in [0.2, 0.25) is 0 Å². The van der Waals surface area contributed by atoms with Gasteiger partial charge in [0.15, 0.2) is 5.83 Å². The molecule has 1 aromatic rings. The molecule has 36 heavy (non-hydrogen) atoms. The third-order valence-corrected chi connectivity index (χ3v) is 8.39. The molecule has 4 rings (SSSR count). The van der Waals surface area contributed by atoms with Crippen LogP contribution in [0.15, 0.2) is 47.4 Å². The quantitative estimate of drug-likeness (QED) is 0.594. The largest absolute Gasteiger partial charge is 0.336 e. The van der Waals surface area contributed by atoms with Gasteiger partial charge in [-0.3, -0.25) is 15.0 Å². The molecule has 0 aromatic heterocycles. The highest BCUT2D eigenvalue weighted by atomic mass is 35.5. The third-order valence-electron chi connectivity index (χ3n) is 7.98. The summed E-state index contributed by atoms with van der Waals surface area (Å²) in [5.74, 6) is -0.934. The molecule has 0 spiro atoms. The number of anilines is 1. The standard InChI is InChI=1S/C26H39ClFN7O/c1-24(2)16-20(17-25(3,4)33(24)6)31-26(22(36)34-14-12-32(5)13-15-34)21(28)18-29-23(35(26)27)30-19-10-8-7-9-11-19/h7-11,18,20,31H,12-17H2,1-6H3,(H,29,30). The van der Waals surface area contributed by atoms with E-state index in [1.54, 1.807) is 4.90 Å². The van der Waals surface area contributed by atoms with Gasteiger partial charge in [0.25, 0.3) is 5.91 Å². The van der Waals surface area contributed by atoms with E-state index in [1.165, 1.54) is 0 Å². The number of nitrogens with zero attached hydrogens (tertiary/aromatic N) is 5. The SMILES string of the molecule is CN1CCN(C(=O)C2(NC3CC(C)(C)N(C)C(C)(C)C3)C(F)=CN=C(Nc3ccccc3)N2Cl)CC1. The molecule has 3 aliphatic rings. The van der Waals surface area contributed by atoms with E-state index in [1.807, 2.05) is 37.4 Å². The summed E-state index contributed by atoms with van der Waals surface area (Å²) in [6.07, 6.45) is 2.55. The molecular weight excluding hydrogens is 481 g/mol. The van der Waals surface area contributed by atoms with E-state index in [0.29, 0.717) is 26.2 Å². The van der Waals surface area contributed by atoms with Crippen LogP contribution in [-0.2, 0) is 4.79 Å². The van der Waals surface area contributed by atoms with Crippen LogP contribution in [0.4, 0.5) is 10.1 Å². The first kappa shape index (κ1) is 26.9. The average Bonchev–Trinajstić information content (AvgIpc) is 2.82. The highest BCUT2D eigenvalue weighted by molar-refractivity contribution is 6.27. The molecule has 2 saturated heterocycles. The molecule has 1 atom stereocenters. The number of nitrogens with one attached hydrogen (secondary N) is 2. The molecule has 0 aliphatic carbocycles. The summed E-state index contributed by atoms with van der Waals surface area (Å²) in [4.78, 5) is 24.6. The summed E-state index contributed by atoms with van der Waals surface area (Å²) < 4.78 is 17.2. The van der Waals surface area contributed by atoms with Crippen molar-refractivity contribution in [1.29, 1.82) is 0 Å². The Hall–Kier alpha value is -2.20. The van der Waals surface area contributed by atoms with Gasteiger partial charge in [-0.1, -0.05) is 18.2 Å². The first-order valence-corrected chi connectivity index (χ1v) is 12.9. The molecule has 3 heterocycles. The number of halogens is 2. The van der Waals surface area contributed by atoms with Gasteiger partial charge in [0.2, 0.25) is 11.6 Å². The number of piperazine rings is 1. The third kappa shape index (κ3) is 4.98. The maximum Gasteiger partial charge on any atom is 0.272 e. The Bertz CT molecular complexity index is 1000. The van der Waals surface area contributed by atoms with E-state index in [9.17, 15) is 4.79 Å². The number of carbonyl (C=O) groups is 1. The summed E-state index contributed by atoms with van der Waals surface area (Å²) >= 11 is 6.91. The molecule has 1 amide bonds. The number of carbonyl (C=O) groups excluding carboxylic acids is 1. The summed E-state index contributed by atoms with van der Waals surface area (Å²) in [7, 11) is 4.13. The zero-order valence-corrected chi connectivity index (χ0v) is 22.9. The number of hydrogen-bond acceptors (Lipinski definition) is 7. The van der Waals surface area contributed by atoms with Crippen LogP contribution in [0.25, 0.3) is 0 Å². The van der Waals surface area contributed by atoms with E-state index in [4.69, 9.17) is 11.8 Å². The van der Waals surface area contributed by atoms with E-state index in [-0.39, 0.29) is 23.1 Å². The number of hydrogen-bond donors (Lipinski definition) is 2. The number of piperidine rings is 1. The molecule has 2 N–H and O–H groups in total. The predicted octanol–water partition coefficient (Wildman–Crippen LogP) is 3.45. The summed E-state index contributed by atoms with van der Waals surface area (Å²) in [6, 6.07) is 9.22. The van der Waals surface area contributed by atoms with Crippen LogP contribution in [0.3, 0.4) is 0 Å². The monoisotopic (exact) mass is 519 g/mol. The Morgan fingerprint density at radius 1 is 1.03 bits per heavy atom. The fourth-order valence-corrected chi connectivity index (χ4v) is 5.91. The molecule has 0 bridgehead atoms. The average molecular weight is 520 g/mol. The van der Waals surface area contributed by atoms with E-state index in [2.05, 4.69) is 60.2 Å². The molecule has 2 fully saturated rings. The summed E-state index contributed by atoms with van der Waals surface area (Å²) in [5, 5.41) is 6.58. The number of para-hydroxylation sites is 1. The van der Waals surface area contributed by atoms with Gasteiger partial charge >= 0.3 is 0 Å². The van der Waals surface area contributed by atoms with Gasteiger partial charge in [0.05, 0.1) is 6.20 Å². The number of likely N-dealkylation sites (tertiary alicyclic amines) is 1. The fourth-order valence-electron chi connectivity index (χ4n) is 5.63. The number of benzene rings is 1. The lowest BCUT2D eigenvalue weighted by atomic mass is 9.77. The molecule has 1 aromatic carbocycles. The van der Waals surface area contributed by atoms with Crippen molar-refractivity contribution in [2.24, 2.45) is 4.99 Å². The Kier molecular flexibility index (Phi) is 7.41. The molecule has 10 heteroatoms. The minimum Gasteiger partial charge on any atom is -0.336 e. The van der Waals surface area contributed by atoms with Crippen LogP contribution in [-0.4, -0.2) is 94.0 Å². The van der Waals surface area contributed by atoms with Crippen LogP contribution in [0.5, 0.6) is 0 Å². The van der Waals surface area contributed by atoms with Crippen molar-refractivity contribution in [1.82, 2.24) is 24.4 Å². The van der Waals surface area contributed by atoms with Crippen molar-refractivity contribution in [2.75, 3.05) is 45.6 Å². The fraction of sp³-hybridized carbons (Fsp3) is 0.615. The second kappa shape index (κ2) is 9.93. The summed E-state index contributed by atoms with van der Waals surface area (Å²) in [6.45, 7) is 11.1. The molecule has 8 nitrogen and oxygen atoms in total. The van der Waals surface area contributed by atoms with Crippen LogP contribution < -0.4 is 10.6 Å². The van der Waals surface area contributed by atoms with Gasteiger partial charge < -0.3 is 15.1 Å². The topological polar surface area (TPSA) is 66.5 Å². The highest BCUT2D eigenvalue weighted by Gasteiger charge is 2.56. The van der Waals surface area contributed by atoms with Gasteiger partial charge in [0.1, 0.15) is 0 Å². The maximum absolute atomic E-state index is 16.0. The number of guanidine groups is 1. The second-order valence-corrected chi connectivity index (χ2v) is 11.8. The second-order valence-electron chi connectivity index (χ2n) is 11.4. The van der Waals surface area contributed by atoms with E-state index < -0.39 is 17.4 Å². The normalized spacial score (nSPS) is 27.4. The van der Waals surface area contributed by atoms with E-state index >= 15 is 4.39 Å². The van der Waals surface area contributed by atoms with Crippen LogP contribution in [0, 0.1) is 0 Å². The molecular formula is C26H39ClFN7O. The molecule has 0 saturated carbocycles. The Morgan fingerprint density at radius 3 is 2.19 bits per heavy atom. The lowest BCUT2D eigenvalue weighted by Gasteiger charge is -2.55. The lowest BCUT2D eigenvalue weighted by molar-refractivity contribution is -0.144. The number of aliphatic imine (C=N–C) groups is 1. The Balaban J connectivity index is 1.71.